The van der Waals surface area contributed by atoms with E-state index in [1.807, 2.05) is 6.07 Å². The number of aliphatic hydroxyl groups excluding tert-OH is 1. The van der Waals surface area contributed by atoms with Crippen LogP contribution in [0.25, 0.3) is 0 Å². The number of halogens is 1. The van der Waals surface area contributed by atoms with E-state index in [0.717, 1.165) is 38.4 Å². The van der Waals surface area contributed by atoms with Crippen LogP contribution in [0.4, 0.5) is 11.4 Å². The van der Waals surface area contributed by atoms with Crippen LogP contribution >= 0.6 is 11.6 Å². The molecular formula is C15H24ClN3O. The van der Waals surface area contributed by atoms with E-state index in [-0.39, 0.29) is 5.88 Å². The van der Waals surface area contributed by atoms with Crippen molar-refractivity contribution >= 4 is 23.0 Å². The minimum Gasteiger partial charge on any atom is -0.390 e. The molecule has 1 atom stereocenters. The minimum absolute atomic E-state index is 0.254. The standard InChI is InChI=1S/C15H24ClN3O/c1-2-18-7-9-19(10-8-18)15-6-4-3-5-14(15)17-12-13(20)11-16/h3-6,13,17,20H,2,7-12H2,1H3. The Balaban J connectivity index is 2.00. The fraction of sp³-hybridized carbons (Fsp3) is 0.600. The molecule has 0 bridgehead atoms. The second-order valence-corrected chi connectivity index (χ2v) is 5.44. The van der Waals surface area contributed by atoms with Crippen LogP contribution in [-0.2, 0) is 0 Å². The maximum Gasteiger partial charge on any atom is 0.0847 e. The lowest BCUT2D eigenvalue weighted by Gasteiger charge is -2.36. The number of aliphatic hydroxyl groups is 1. The normalized spacial score (nSPS) is 18.1. The highest BCUT2D eigenvalue weighted by atomic mass is 35.5. The van der Waals surface area contributed by atoms with Gasteiger partial charge in [0.2, 0.25) is 0 Å². The van der Waals surface area contributed by atoms with Gasteiger partial charge in [0.25, 0.3) is 0 Å². The van der Waals surface area contributed by atoms with E-state index in [1.165, 1.54) is 5.69 Å². The number of alkyl halides is 1. The van der Waals surface area contributed by atoms with Crippen LogP contribution in [0.5, 0.6) is 0 Å². The molecule has 1 heterocycles. The van der Waals surface area contributed by atoms with Gasteiger partial charge in [-0.3, -0.25) is 0 Å². The van der Waals surface area contributed by atoms with Crippen molar-refractivity contribution in [1.82, 2.24) is 4.90 Å². The molecule has 1 saturated heterocycles. The first-order chi connectivity index (χ1) is 9.74. The second-order valence-electron chi connectivity index (χ2n) is 5.13. The first kappa shape index (κ1) is 15.4. The first-order valence-electron chi connectivity index (χ1n) is 7.28. The molecule has 0 aromatic heterocycles. The second kappa shape index (κ2) is 7.72. The molecular weight excluding hydrogens is 274 g/mol. The highest BCUT2D eigenvalue weighted by molar-refractivity contribution is 6.18. The van der Waals surface area contributed by atoms with Gasteiger partial charge in [-0.25, -0.2) is 0 Å². The minimum atomic E-state index is -0.512. The van der Waals surface area contributed by atoms with E-state index < -0.39 is 6.10 Å². The number of benzene rings is 1. The van der Waals surface area contributed by atoms with E-state index >= 15 is 0 Å². The molecule has 0 spiro atoms. The molecule has 5 heteroatoms. The number of rotatable bonds is 6. The van der Waals surface area contributed by atoms with Crippen molar-refractivity contribution in [2.24, 2.45) is 0 Å². The molecule has 20 heavy (non-hydrogen) atoms. The summed E-state index contributed by atoms with van der Waals surface area (Å²) >= 11 is 5.63. The summed E-state index contributed by atoms with van der Waals surface area (Å²) in [6.07, 6.45) is -0.512. The third-order valence-electron chi connectivity index (χ3n) is 3.77. The zero-order chi connectivity index (χ0) is 14.4. The molecule has 0 radical (unpaired) electrons. The number of hydrogen-bond acceptors (Lipinski definition) is 4. The average molecular weight is 298 g/mol. The van der Waals surface area contributed by atoms with Crippen molar-refractivity contribution in [1.29, 1.82) is 0 Å². The van der Waals surface area contributed by atoms with Crippen molar-refractivity contribution in [3.63, 3.8) is 0 Å². The molecule has 4 nitrogen and oxygen atoms in total. The Hall–Kier alpha value is -0.970. The lowest BCUT2D eigenvalue weighted by molar-refractivity contribution is 0.211. The smallest absolute Gasteiger partial charge is 0.0847 e. The van der Waals surface area contributed by atoms with Crippen LogP contribution in [-0.4, -0.2) is 61.3 Å². The van der Waals surface area contributed by atoms with Crippen molar-refractivity contribution in [2.45, 2.75) is 13.0 Å². The van der Waals surface area contributed by atoms with E-state index in [0.29, 0.717) is 6.54 Å². The van der Waals surface area contributed by atoms with Gasteiger partial charge in [0.15, 0.2) is 0 Å². The molecule has 1 fully saturated rings. The lowest BCUT2D eigenvalue weighted by atomic mass is 10.2. The Morgan fingerprint density at radius 1 is 1.25 bits per heavy atom. The topological polar surface area (TPSA) is 38.7 Å². The van der Waals surface area contributed by atoms with Crippen molar-refractivity contribution in [3.05, 3.63) is 24.3 Å². The molecule has 0 aliphatic carbocycles. The molecule has 2 rings (SSSR count). The summed E-state index contributed by atoms with van der Waals surface area (Å²) in [5.74, 6) is 0.254. The Morgan fingerprint density at radius 2 is 1.95 bits per heavy atom. The summed E-state index contributed by atoms with van der Waals surface area (Å²) in [7, 11) is 0. The number of hydrogen-bond donors (Lipinski definition) is 2. The van der Waals surface area contributed by atoms with Crippen LogP contribution in [0.1, 0.15) is 6.92 Å². The van der Waals surface area contributed by atoms with E-state index in [9.17, 15) is 5.11 Å². The van der Waals surface area contributed by atoms with Gasteiger partial charge in [-0.15, -0.1) is 11.6 Å². The number of nitrogens with zero attached hydrogens (tertiary/aromatic N) is 2. The Bertz CT molecular complexity index is 408. The van der Waals surface area contributed by atoms with Crippen LogP contribution < -0.4 is 10.2 Å². The largest absolute Gasteiger partial charge is 0.390 e. The van der Waals surface area contributed by atoms with Gasteiger partial charge in [-0.05, 0) is 18.7 Å². The molecule has 1 aliphatic rings. The van der Waals surface area contributed by atoms with Gasteiger partial charge >= 0.3 is 0 Å². The zero-order valence-corrected chi connectivity index (χ0v) is 12.8. The molecule has 2 N–H and O–H groups in total. The highest BCUT2D eigenvalue weighted by Crippen LogP contribution is 2.26. The van der Waals surface area contributed by atoms with Crippen molar-refractivity contribution in [2.75, 3.05) is 55.4 Å². The maximum atomic E-state index is 9.57. The monoisotopic (exact) mass is 297 g/mol. The summed E-state index contributed by atoms with van der Waals surface area (Å²) in [5, 5.41) is 12.9. The van der Waals surface area contributed by atoms with Gasteiger partial charge < -0.3 is 20.2 Å². The number of para-hydroxylation sites is 2. The molecule has 1 aliphatic heterocycles. The predicted octanol–water partition coefficient (Wildman–Crippen LogP) is 1.84. The summed E-state index contributed by atoms with van der Waals surface area (Å²) in [6.45, 7) is 8.11. The van der Waals surface area contributed by atoms with Crippen LogP contribution in [0.15, 0.2) is 24.3 Å². The Morgan fingerprint density at radius 3 is 2.60 bits per heavy atom. The summed E-state index contributed by atoms with van der Waals surface area (Å²) < 4.78 is 0. The third-order valence-corrected chi connectivity index (χ3v) is 4.13. The number of piperazine rings is 1. The van der Waals surface area contributed by atoms with Gasteiger partial charge in [0.1, 0.15) is 0 Å². The Labute approximate surface area is 126 Å². The van der Waals surface area contributed by atoms with Gasteiger partial charge in [-0.2, -0.15) is 0 Å². The van der Waals surface area contributed by atoms with Gasteiger partial charge in [0, 0.05) is 32.7 Å². The predicted molar refractivity (Wildman–Crippen MR) is 86.0 cm³/mol. The van der Waals surface area contributed by atoms with Crippen LogP contribution in [0.3, 0.4) is 0 Å². The maximum absolute atomic E-state index is 9.57. The average Bonchev–Trinajstić information content (AvgIpc) is 2.53. The van der Waals surface area contributed by atoms with Crippen LogP contribution in [0.2, 0.25) is 0 Å². The van der Waals surface area contributed by atoms with Crippen molar-refractivity contribution in [3.8, 4) is 0 Å². The SMILES string of the molecule is CCN1CCN(c2ccccc2NCC(O)CCl)CC1. The highest BCUT2D eigenvalue weighted by Gasteiger charge is 2.18. The van der Waals surface area contributed by atoms with Crippen molar-refractivity contribution < 1.29 is 5.11 Å². The third kappa shape index (κ3) is 4.01. The number of likely N-dealkylation sites (N-methyl/N-ethyl adjacent to an activating group) is 1. The zero-order valence-electron chi connectivity index (χ0n) is 12.1. The van der Waals surface area contributed by atoms with E-state index in [1.54, 1.807) is 0 Å². The number of nitrogens with one attached hydrogen (secondary N) is 1. The summed E-state index contributed by atoms with van der Waals surface area (Å²) in [5.41, 5.74) is 2.28. The molecule has 112 valence electrons. The molecule has 1 unspecified atom stereocenters. The fourth-order valence-electron chi connectivity index (χ4n) is 2.49. The summed E-state index contributed by atoms with van der Waals surface area (Å²) in [4.78, 5) is 4.87. The quantitative estimate of drug-likeness (QED) is 0.786. The molecule has 0 amide bonds. The lowest BCUT2D eigenvalue weighted by Crippen LogP contribution is -2.46. The molecule has 0 saturated carbocycles. The molecule has 1 aromatic carbocycles. The summed E-state index contributed by atoms with van der Waals surface area (Å²) in [6, 6.07) is 8.27. The number of anilines is 2. The fourth-order valence-corrected chi connectivity index (χ4v) is 2.60. The van der Waals surface area contributed by atoms with Crippen LogP contribution in [0, 0.1) is 0 Å². The van der Waals surface area contributed by atoms with Gasteiger partial charge in [0.05, 0.1) is 23.4 Å². The van der Waals surface area contributed by atoms with E-state index in [2.05, 4.69) is 40.2 Å². The van der Waals surface area contributed by atoms with Gasteiger partial charge in [-0.1, -0.05) is 19.1 Å². The van der Waals surface area contributed by atoms with E-state index in [4.69, 9.17) is 11.6 Å². The molecule has 1 aromatic rings. The first-order valence-corrected chi connectivity index (χ1v) is 7.82. The Kier molecular flexibility index (Phi) is 5.95.